The van der Waals surface area contributed by atoms with Crippen LogP contribution in [0.2, 0.25) is 0 Å². The van der Waals surface area contributed by atoms with Crippen molar-refractivity contribution >= 4 is 28.4 Å². The Morgan fingerprint density at radius 2 is 1.78 bits per heavy atom. The molecule has 3 aromatic carbocycles. The number of methoxy groups -OCH3 is 2. The monoisotopic (exact) mass is 612 g/mol. The van der Waals surface area contributed by atoms with Gasteiger partial charge in [-0.05, 0) is 56.0 Å². The van der Waals surface area contributed by atoms with Gasteiger partial charge in [-0.1, -0.05) is 18.2 Å². The minimum Gasteiger partial charge on any atom is -0.493 e. The van der Waals surface area contributed by atoms with Crippen LogP contribution in [0.3, 0.4) is 0 Å². The van der Waals surface area contributed by atoms with Gasteiger partial charge in [0.25, 0.3) is 11.8 Å². The number of halogens is 1. The maximum atomic E-state index is 16.2. The maximum Gasteiger partial charge on any atom is 0.259 e. The number of carbonyl (C=O) groups excluding carboxylic acids is 2. The van der Waals surface area contributed by atoms with E-state index in [1.807, 2.05) is 23.1 Å². The number of piperidine rings is 1. The van der Waals surface area contributed by atoms with E-state index in [9.17, 15) is 14.4 Å². The Morgan fingerprint density at radius 1 is 0.978 bits per heavy atom. The van der Waals surface area contributed by atoms with Gasteiger partial charge in [0, 0.05) is 38.4 Å². The summed E-state index contributed by atoms with van der Waals surface area (Å²) >= 11 is 0. The van der Waals surface area contributed by atoms with Crippen molar-refractivity contribution in [2.24, 2.45) is 0 Å². The second kappa shape index (κ2) is 11.5. The SMILES string of the molecule is COc1cccc(C(=O)NC2CCN(c3c(F)cc4c(=O)c(C(=O)N5CCCCC5)cn5c4c3Oc3ccccc3-5)C2)c1OC. The van der Waals surface area contributed by atoms with Crippen LogP contribution in [0.1, 0.15) is 46.4 Å². The predicted octanol–water partition coefficient (Wildman–Crippen LogP) is 4.89. The van der Waals surface area contributed by atoms with E-state index < -0.39 is 11.2 Å². The molecule has 0 aliphatic carbocycles. The van der Waals surface area contributed by atoms with Gasteiger partial charge in [0.05, 0.1) is 30.9 Å². The topological polar surface area (TPSA) is 102 Å². The zero-order valence-electron chi connectivity index (χ0n) is 25.1. The molecule has 7 rings (SSSR count). The number of hydrogen-bond donors (Lipinski definition) is 1. The standard InChI is InChI=1S/C34H33FN4O6/c1-43-27-12-8-9-21(31(27)44-2)33(41)36-20-13-16-38(18-20)29-24(35)17-22-28-32(29)45-26-11-5-4-10-25(26)39(28)19-23(30(22)40)34(42)37-14-6-3-7-15-37/h4-5,8-12,17,19-20H,3,6-7,13-16,18H2,1-2H3,(H,36,41). The quantitative estimate of drug-likeness (QED) is 0.292. The molecule has 10 nitrogen and oxygen atoms in total. The molecule has 2 saturated heterocycles. The van der Waals surface area contributed by atoms with Gasteiger partial charge in [-0.15, -0.1) is 0 Å². The summed E-state index contributed by atoms with van der Waals surface area (Å²) in [5.74, 6) is 0.158. The molecule has 1 atom stereocenters. The number of hydrogen-bond acceptors (Lipinski definition) is 7. The van der Waals surface area contributed by atoms with Crippen LogP contribution in [0.15, 0.2) is 59.5 Å². The molecule has 3 aliphatic rings. The lowest BCUT2D eigenvalue weighted by Gasteiger charge is -2.30. The van der Waals surface area contributed by atoms with Gasteiger partial charge in [0.15, 0.2) is 28.8 Å². The van der Waals surface area contributed by atoms with E-state index in [4.69, 9.17) is 14.2 Å². The molecule has 3 aliphatic heterocycles. The fraction of sp³-hybridized carbons (Fsp3) is 0.324. The van der Waals surface area contributed by atoms with Crippen LogP contribution in [-0.2, 0) is 0 Å². The number of ether oxygens (including phenoxy) is 3. The molecular formula is C34H33FN4O6. The Labute approximate surface area is 258 Å². The number of para-hydroxylation sites is 3. The molecule has 11 heteroatoms. The highest BCUT2D eigenvalue weighted by Crippen LogP contribution is 2.47. The second-order valence-corrected chi connectivity index (χ2v) is 11.5. The number of carbonyl (C=O) groups is 2. The van der Waals surface area contributed by atoms with E-state index in [0.29, 0.717) is 66.6 Å². The molecule has 1 aromatic heterocycles. The van der Waals surface area contributed by atoms with Crippen molar-refractivity contribution in [2.75, 3.05) is 45.3 Å². The highest BCUT2D eigenvalue weighted by atomic mass is 19.1. The Bertz CT molecular complexity index is 1900. The van der Waals surface area contributed by atoms with E-state index in [2.05, 4.69) is 5.32 Å². The highest BCUT2D eigenvalue weighted by Gasteiger charge is 2.34. The van der Waals surface area contributed by atoms with E-state index in [-0.39, 0.29) is 40.2 Å². The number of pyridine rings is 1. The van der Waals surface area contributed by atoms with Crippen LogP contribution in [0.25, 0.3) is 16.6 Å². The van der Waals surface area contributed by atoms with Crippen molar-refractivity contribution in [3.63, 3.8) is 0 Å². The molecule has 0 spiro atoms. The van der Waals surface area contributed by atoms with Gasteiger partial charge in [0.2, 0.25) is 5.43 Å². The number of aromatic nitrogens is 1. The molecule has 45 heavy (non-hydrogen) atoms. The van der Waals surface area contributed by atoms with E-state index in [1.54, 1.807) is 39.9 Å². The van der Waals surface area contributed by atoms with Crippen molar-refractivity contribution in [1.29, 1.82) is 0 Å². The summed E-state index contributed by atoms with van der Waals surface area (Å²) in [6.45, 7) is 1.93. The lowest BCUT2D eigenvalue weighted by Crippen LogP contribution is -2.38. The number of fused-ring (bicyclic) bond motifs is 2. The minimum absolute atomic E-state index is 0.0103. The number of anilines is 1. The zero-order chi connectivity index (χ0) is 31.2. The predicted molar refractivity (Wildman–Crippen MR) is 167 cm³/mol. The first-order valence-corrected chi connectivity index (χ1v) is 15.1. The third kappa shape index (κ3) is 4.83. The summed E-state index contributed by atoms with van der Waals surface area (Å²) in [6.07, 6.45) is 4.95. The molecule has 1 N–H and O–H groups in total. The summed E-state index contributed by atoms with van der Waals surface area (Å²) < 4.78 is 35.0. The van der Waals surface area contributed by atoms with Crippen LogP contribution in [0, 0.1) is 5.82 Å². The number of nitrogens with one attached hydrogen (secondary N) is 1. The average Bonchev–Trinajstić information content (AvgIpc) is 3.52. The number of rotatable bonds is 6. The summed E-state index contributed by atoms with van der Waals surface area (Å²) in [6, 6.07) is 13.3. The normalized spacial score (nSPS) is 17.1. The van der Waals surface area contributed by atoms with E-state index in [1.165, 1.54) is 20.3 Å². The lowest BCUT2D eigenvalue weighted by molar-refractivity contribution is 0.0722. The van der Waals surface area contributed by atoms with E-state index in [0.717, 1.165) is 19.3 Å². The van der Waals surface area contributed by atoms with Crippen molar-refractivity contribution in [3.05, 3.63) is 81.9 Å². The number of amides is 2. The highest BCUT2D eigenvalue weighted by molar-refractivity contribution is 6.01. The lowest BCUT2D eigenvalue weighted by atomic mass is 10.0. The Hall–Kier alpha value is -5.06. The molecule has 2 amide bonds. The van der Waals surface area contributed by atoms with Gasteiger partial charge < -0.3 is 33.9 Å². The van der Waals surface area contributed by atoms with Gasteiger partial charge in [-0.25, -0.2) is 4.39 Å². The molecule has 4 aromatic rings. The summed E-state index contributed by atoms with van der Waals surface area (Å²) in [4.78, 5) is 44.1. The Balaban J connectivity index is 1.26. The third-order valence-electron chi connectivity index (χ3n) is 8.87. The van der Waals surface area contributed by atoms with Gasteiger partial charge in [-0.3, -0.25) is 14.4 Å². The van der Waals surface area contributed by atoms with Crippen molar-refractivity contribution < 1.29 is 28.2 Å². The van der Waals surface area contributed by atoms with E-state index >= 15 is 4.39 Å². The summed E-state index contributed by atoms with van der Waals surface area (Å²) in [7, 11) is 2.98. The molecule has 0 bridgehead atoms. The maximum absolute atomic E-state index is 16.2. The van der Waals surface area contributed by atoms with Crippen molar-refractivity contribution in [1.82, 2.24) is 14.8 Å². The summed E-state index contributed by atoms with van der Waals surface area (Å²) in [5, 5.41) is 3.12. The Morgan fingerprint density at radius 3 is 2.56 bits per heavy atom. The van der Waals surface area contributed by atoms with Gasteiger partial charge in [0.1, 0.15) is 16.8 Å². The minimum atomic E-state index is -0.635. The zero-order valence-corrected chi connectivity index (χ0v) is 25.1. The molecule has 2 fully saturated rings. The summed E-state index contributed by atoms with van der Waals surface area (Å²) in [5.41, 5.74) is 1.08. The van der Waals surface area contributed by atoms with Crippen LogP contribution in [0.4, 0.5) is 10.1 Å². The smallest absolute Gasteiger partial charge is 0.259 e. The molecule has 0 saturated carbocycles. The molecule has 4 heterocycles. The first kappa shape index (κ1) is 28.7. The molecule has 1 unspecified atom stereocenters. The van der Waals surface area contributed by atoms with Crippen LogP contribution < -0.4 is 29.9 Å². The van der Waals surface area contributed by atoms with Crippen molar-refractivity contribution in [3.8, 4) is 28.7 Å². The van der Waals surface area contributed by atoms with Gasteiger partial charge >= 0.3 is 0 Å². The molecular weight excluding hydrogens is 579 g/mol. The number of benzene rings is 3. The molecule has 0 radical (unpaired) electrons. The number of nitrogens with zero attached hydrogens (tertiary/aromatic N) is 3. The number of likely N-dealkylation sites (tertiary alicyclic amines) is 1. The first-order valence-electron chi connectivity index (χ1n) is 15.1. The van der Waals surface area contributed by atoms with Crippen LogP contribution in [0.5, 0.6) is 23.0 Å². The third-order valence-corrected chi connectivity index (χ3v) is 8.87. The van der Waals surface area contributed by atoms with Crippen LogP contribution in [-0.4, -0.2) is 67.7 Å². The van der Waals surface area contributed by atoms with Crippen molar-refractivity contribution in [2.45, 2.75) is 31.7 Å². The first-order chi connectivity index (χ1) is 21.9. The average molecular weight is 613 g/mol. The fourth-order valence-electron chi connectivity index (χ4n) is 6.68. The van der Waals surface area contributed by atoms with Crippen LogP contribution >= 0.6 is 0 Å². The van der Waals surface area contributed by atoms with Gasteiger partial charge in [-0.2, -0.15) is 0 Å². The molecule has 232 valence electrons. The fourth-order valence-corrected chi connectivity index (χ4v) is 6.68. The Kier molecular flexibility index (Phi) is 7.31. The largest absolute Gasteiger partial charge is 0.493 e. The second-order valence-electron chi connectivity index (χ2n) is 11.5.